The van der Waals surface area contributed by atoms with Crippen LogP contribution in [0.5, 0.6) is 5.75 Å². The second-order valence-corrected chi connectivity index (χ2v) is 5.37. The second-order valence-electron chi connectivity index (χ2n) is 4.62. The van der Waals surface area contributed by atoms with Crippen molar-refractivity contribution in [3.8, 4) is 5.75 Å². The van der Waals surface area contributed by atoms with E-state index < -0.39 is 0 Å². The number of nitrogens with zero attached hydrogens (tertiary/aromatic N) is 2. The summed E-state index contributed by atoms with van der Waals surface area (Å²) in [6, 6.07) is 0. The molecule has 1 aliphatic heterocycles. The molecular formula is C12H21N3O2S. The molecule has 0 bridgehead atoms. The highest BCUT2D eigenvalue weighted by Gasteiger charge is 2.29. The van der Waals surface area contributed by atoms with Crippen molar-refractivity contribution in [2.75, 3.05) is 37.4 Å². The Morgan fingerprint density at radius 1 is 1.56 bits per heavy atom. The number of anilines is 2. The van der Waals surface area contributed by atoms with Gasteiger partial charge >= 0.3 is 0 Å². The Labute approximate surface area is 112 Å². The predicted molar refractivity (Wildman–Crippen MR) is 74.5 cm³/mol. The highest BCUT2D eigenvalue weighted by molar-refractivity contribution is 7.11. The fraction of sp³-hybridized carbons (Fsp3) is 0.750. The van der Waals surface area contributed by atoms with Gasteiger partial charge in [-0.2, -0.15) is 4.37 Å². The van der Waals surface area contributed by atoms with E-state index in [4.69, 9.17) is 15.2 Å². The van der Waals surface area contributed by atoms with Crippen molar-refractivity contribution in [2.24, 2.45) is 5.92 Å². The molecule has 2 rings (SSSR count). The van der Waals surface area contributed by atoms with Crippen molar-refractivity contribution in [3.05, 3.63) is 0 Å². The zero-order chi connectivity index (χ0) is 13.1. The molecule has 0 spiro atoms. The fourth-order valence-electron chi connectivity index (χ4n) is 2.29. The van der Waals surface area contributed by atoms with E-state index in [1.165, 1.54) is 11.5 Å². The van der Waals surface area contributed by atoms with Crippen molar-refractivity contribution < 1.29 is 9.47 Å². The largest absolute Gasteiger partial charge is 0.487 e. The van der Waals surface area contributed by atoms with E-state index in [2.05, 4.69) is 16.2 Å². The Morgan fingerprint density at radius 2 is 2.33 bits per heavy atom. The molecule has 1 saturated heterocycles. The number of hydrogen-bond donors (Lipinski definition) is 1. The van der Waals surface area contributed by atoms with Gasteiger partial charge in [0.05, 0.1) is 12.7 Å². The summed E-state index contributed by atoms with van der Waals surface area (Å²) in [6.07, 6.45) is 1.37. The highest BCUT2D eigenvalue weighted by Crippen LogP contribution is 2.40. The summed E-state index contributed by atoms with van der Waals surface area (Å²) in [4.78, 5) is 2.27. The minimum absolute atomic E-state index is 0.261. The van der Waals surface area contributed by atoms with Crippen LogP contribution >= 0.6 is 11.5 Å². The van der Waals surface area contributed by atoms with Gasteiger partial charge in [-0.05, 0) is 30.8 Å². The highest BCUT2D eigenvalue weighted by atomic mass is 32.1. The maximum absolute atomic E-state index is 5.84. The quantitative estimate of drug-likeness (QED) is 0.907. The number of methoxy groups -OCH3 is 1. The van der Waals surface area contributed by atoms with Crippen LogP contribution in [-0.2, 0) is 4.74 Å². The number of hydrogen-bond acceptors (Lipinski definition) is 6. The molecule has 0 radical (unpaired) electrons. The minimum atomic E-state index is 0.261. The van der Waals surface area contributed by atoms with Crippen LogP contribution in [-0.4, -0.2) is 37.3 Å². The smallest absolute Gasteiger partial charge is 0.197 e. The van der Waals surface area contributed by atoms with Gasteiger partial charge < -0.3 is 20.1 Å². The molecule has 0 aromatic carbocycles. The summed E-state index contributed by atoms with van der Waals surface area (Å²) in [5.74, 6) is 1.81. The number of aromatic nitrogens is 1. The van der Waals surface area contributed by atoms with Crippen LogP contribution < -0.4 is 15.4 Å². The first-order valence-electron chi connectivity index (χ1n) is 6.33. The van der Waals surface area contributed by atoms with Crippen LogP contribution in [0.4, 0.5) is 10.8 Å². The van der Waals surface area contributed by atoms with Gasteiger partial charge in [0.2, 0.25) is 0 Å². The van der Waals surface area contributed by atoms with Gasteiger partial charge in [-0.1, -0.05) is 6.92 Å². The molecule has 1 aromatic heterocycles. The summed E-state index contributed by atoms with van der Waals surface area (Å²) in [7, 11) is 1.77. The van der Waals surface area contributed by atoms with Gasteiger partial charge in [-0.15, -0.1) is 0 Å². The number of nitrogen functional groups attached to an aromatic ring is 1. The van der Waals surface area contributed by atoms with Crippen LogP contribution in [0.25, 0.3) is 0 Å². The number of rotatable bonds is 4. The third-order valence-electron chi connectivity index (χ3n) is 3.43. The van der Waals surface area contributed by atoms with Gasteiger partial charge in [-0.3, -0.25) is 0 Å². The molecule has 1 aromatic rings. The molecule has 0 amide bonds. The Morgan fingerprint density at radius 3 is 3.00 bits per heavy atom. The molecule has 2 unspecified atom stereocenters. The van der Waals surface area contributed by atoms with Crippen LogP contribution in [0, 0.1) is 5.92 Å². The molecule has 18 heavy (non-hydrogen) atoms. The number of nitrogens with two attached hydrogens (primary N) is 1. The Hall–Kier alpha value is -1.01. The third kappa shape index (κ3) is 2.54. The van der Waals surface area contributed by atoms with E-state index in [1.54, 1.807) is 7.11 Å². The molecule has 0 aliphatic carbocycles. The van der Waals surface area contributed by atoms with Crippen molar-refractivity contribution in [2.45, 2.75) is 26.4 Å². The maximum atomic E-state index is 5.84. The average Bonchev–Trinajstić information content (AvgIpc) is 2.73. The lowest BCUT2D eigenvalue weighted by molar-refractivity contribution is 0.0499. The Bertz CT molecular complexity index is 397. The maximum Gasteiger partial charge on any atom is 0.197 e. The van der Waals surface area contributed by atoms with E-state index in [1.807, 2.05) is 6.92 Å². The van der Waals surface area contributed by atoms with E-state index in [0.29, 0.717) is 18.3 Å². The molecule has 5 nitrogen and oxygen atoms in total. The molecule has 2 N–H and O–H groups in total. The van der Waals surface area contributed by atoms with Crippen LogP contribution in [0.3, 0.4) is 0 Å². The molecule has 2 heterocycles. The fourth-order valence-corrected chi connectivity index (χ4v) is 3.09. The number of ether oxygens (including phenoxy) is 2. The molecule has 102 valence electrons. The first-order chi connectivity index (χ1) is 8.67. The predicted octanol–water partition coefficient (Wildman–Crippen LogP) is 1.99. The number of piperidine rings is 1. The topological polar surface area (TPSA) is 60.6 Å². The van der Waals surface area contributed by atoms with Crippen LogP contribution in [0.15, 0.2) is 0 Å². The zero-order valence-corrected chi connectivity index (χ0v) is 12.0. The van der Waals surface area contributed by atoms with Crippen molar-refractivity contribution in [1.82, 2.24) is 4.37 Å². The summed E-state index contributed by atoms with van der Waals surface area (Å²) in [6.45, 7) is 6.67. The van der Waals surface area contributed by atoms with Gasteiger partial charge in [-0.25, -0.2) is 0 Å². The van der Waals surface area contributed by atoms with Gasteiger partial charge in [0.1, 0.15) is 0 Å². The van der Waals surface area contributed by atoms with Gasteiger partial charge in [0, 0.05) is 20.2 Å². The normalized spacial score (nSPS) is 24.3. The van der Waals surface area contributed by atoms with Crippen molar-refractivity contribution >= 4 is 22.4 Å². The minimum Gasteiger partial charge on any atom is -0.487 e. The monoisotopic (exact) mass is 271 g/mol. The van der Waals surface area contributed by atoms with Crippen LogP contribution in [0.2, 0.25) is 0 Å². The summed E-state index contributed by atoms with van der Waals surface area (Å²) in [5.41, 5.74) is 5.84. The summed E-state index contributed by atoms with van der Waals surface area (Å²) >= 11 is 1.41. The molecular weight excluding hydrogens is 250 g/mol. The SMILES string of the molecule is CCOc1c(N)nsc1N1CCC(C)C(OC)C1. The van der Waals surface area contributed by atoms with Gasteiger partial charge in [0.15, 0.2) is 16.6 Å². The summed E-state index contributed by atoms with van der Waals surface area (Å²) in [5, 5.41) is 1.03. The van der Waals surface area contributed by atoms with Crippen molar-refractivity contribution in [3.63, 3.8) is 0 Å². The zero-order valence-electron chi connectivity index (χ0n) is 11.2. The van der Waals surface area contributed by atoms with E-state index >= 15 is 0 Å². The lowest BCUT2D eigenvalue weighted by atomic mass is 9.96. The molecule has 1 fully saturated rings. The van der Waals surface area contributed by atoms with E-state index in [9.17, 15) is 0 Å². The lowest BCUT2D eigenvalue weighted by Gasteiger charge is -2.36. The van der Waals surface area contributed by atoms with E-state index in [-0.39, 0.29) is 6.10 Å². The Balaban J connectivity index is 2.16. The molecule has 2 atom stereocenters. The molecule has 0 saturated carbocycles. The third-order valence-corrected chi connectivity index (χ3v) is 4.33. The van der Waals surface area contributed by atoms with Crippen LogP contribution in [0.1, 0.15) is 20.3 Å². The standard InChI is InChI=1S/C12H21N3O2S/c1-4-17-10-11(13)14-18-12(10)15-6-5-8(2)9(7-15)16-3/h8-9H,4-7H2,1-3H3,(H2,13,14). The first kappa shape index (κ1) is 13.4. The Kier molecular flexibility index (Phi) is 4.29. The first-order valence-corrected chi connectivity index (χ1v) is 7.10. The second kappa shape index (κ2) is 5.75. The van der Waals surface area contributed by atoms with E-state index in [0.717, 1.165) is 30.3 Å². The average molecular weight is 271 g/mol. The molecule has 1 aliphatic rings. The van der Waals surface area contributed by atoms with Gasteiger partial charge in [0.25, 0.3) is 0 Å². The van der Waals surface area contributed by atoms with Crippen molar-refractivity contribution in [1.29, 1.82) is 0 Å². The molecule has 6 heteroatoms. The lowest BCUT2D eigenvalue weighted by Crippen LogP contribution is -2.43. The summed E-state index contributed by atoms with van der Waals surface area (Å²) < 4.78 is 15.3.